The van der Waals surface area contributed by atoms with Crippen molar-refractivity contribution in [3.63, 3.8) is 0 Å². The molecule has 1 aliphatic heterocycles. The molecule has 4 rings (SSSR count). The molecule has 0 radical (unpaired) electrons. The predicted octanol–water partition coefficient (Wildman–Crippen LogP) is 5.11. The van der Waals surface area contributed by atoms with Crippen LogP contribution in [0, 0.1) is 29.1 Å². The van der Waals surface area contributed by atoms with E-state index < -0.39 is 12.2 Å². The SMILES string of the molecule is C=C1/C(=C\C=C2/CCCC3(C)C2CCC3[C@H](C)C[C@@H]2OC(=O)C[C@H]2C)C[C@@H](O)C[C@@H]1O. The predicted molar refractivity (Wildman–Crippen MR) is 122 cm³/mol. The summed E-state index contributed by atoms with van der Waals surface area (Å²) in [5, 5.41) is 20.2. The minimum absolute atomic E-state index is 0.0318. The Balaban J connectivity index is 1.48. The maximum absolute atomic E-state index is 11.7. The summed E-state index contributed by atoms with van der Waals surface area (Å²) in [6.07, 6.45) is 12.0. The van der Waals surface area contributed by atoms with E-state index >= 15 is 0 Å². The van der Waals surface area contributed by atoms with E-state index in [1.54, 1.807) is 0 Å². The van der Waals surface area contributed by atoms with Gasteiger partial charge in [0.15, 0.2) is 0 Å². The van der Waals surface area contributed by atoms with Gasteiger partial charge in [0, 0.05) is 12.3 Å². The third-order valence-corrected chi connectivity index (χ3v) is 9.00. The highest BCUT2D eigenvalue weighted by Crippen LogP contribution is 2.60. The molecule has 0 spiro atoms. The summed E-state index contributed by atoms with van der Waals surface area (Å²) in [5.41, 5.74) is 3.58. The first-order valence-corrected chi connectivity index (χ1v) is 12.3. The molecular formula is C27H40O4. The maximum Gasteiger partial charge on any atom is 0.306 e. The van der Waals surface area contributed by atoms with Crippen molar-refractivity contribution in [2.45, 2.75) is 96.9 Å². The Morgan fingerprint density at radius 3 is 2.74 bits per heavy atom. The summed E-state index contributed by atoms with van der Waals surface area (Å²) in [4.78, 5) is 11.7. The normalized spacial score (nSPS) is 44.5. The first-order valence-electron chi connectivity index (χ1n) is 12.3. The van der Waals surface area contributed by atoms with Crippen LogP contribution in [0.2, 0.25) is 0 Å². The summed E-state index contributed by atoms with van der Waals surface area (Å²) >= 11 is 0. The van der Waals surface area contributed by atoms with Crippen LogP contribution in [0.5, 0.6) is 0 Å². The van der Waals surface area contributed by atoms with Crippen LogP contribution in [-0.2, 0) is 9.53 Å². The van der Waals surface area contributed by atoms with E-state index in [9.17, 15) is 15.0 Å². The molecule has 0 amide bonds. The van der Waals surface area contributed by atoms with Crippen LogP contribution in [0.25, 0.3) is 0 Å². The Hall–Kier alpha value is -1.39. The molecule has 4 nitrogen and oxygen atoms in total. The van der Waals surface area contributed by atoms with Gasteiger partial charge in [0.2, 0.25) is 0 Å². The fourth-order valence-electron chi connectivity index (χ4n) is 7.22. The first-order chi connectivity index (χ1) is 14.7. The molecule has 4 aliphatic rings. The fourth-order valence-corrected chi connectivity index (χ4v) is 7.22. The summed E-state index contributed by atoms with van der Waals surface area (Å²) < 4.78 is 5.62. The molecule has 0 aromatic rings. The van der Waals surface area contributed by atoms with Gasteiger partial charge in [-0.1, -0.05) is 45.1 Å². The number of ether oxygens (including phenoxy) is 1. The third-order valence-electron chi connectivity index (χ3n) is 9.00. The first kappa shape index (κ1) is 22.8. The molecule has 172 valence electrons. The molecule has 0 aromatic heterocycles. The van der Waals surface area contributed by atoms with Crippen LogP contribution < -0.4 is 0 Å². The van der Waals surface area contributed by atoms with Gasteiger partial charge >= 0.3 is 5.97 Å². The summed E-state index contributed by atoms with van der Waals surface area (Å²) in [6.45, 7) is 11.1. The highest BCUT2D eigenvalue weighted by atomic mass is 16.5. The quantitative estimate of drug-likeness (QED) is 0.611. The number of cyclic esters (lactones) is 1. The van der Waals surface area contributed by atoms with Crippen molar-refractivity contribution in [1.82, 2.24) is 0 Å². The molecule has 2 N–H and O–H groups in total. The second-order valence-electron chi connectivity index (χ2n) is 11.1. The van der Waals surface area contributed by atoms with Crippen LogP contribution in [-0.4, -0.2) is 34.5 Å². The molecule has 3 unspecified atom stereocenters. The zero-order chi connectivity index (χ0) is 22.3. The zero-order valence-corrected chi connectivity index (χ0v) is 19.5. The number of aliphatic hydroxyl groups excluding tert-OH is 2. The Bertz CT molecular complexity index is 780. The van der Waals surface area contributed by atoms with Crippen molar-refractivity contribution < 1.29 is 19.7 Å². The van der Waals surface area contributed by atoms with Gasteiger partial charge in [-0.25, -0.2) is 0 Å². The number of fused-ring (bicyclic) bond motifs is 1. The molecule has 1 saturated heterocycles. The number of esters is 1. The summed E-state index contributed by atoms with van der Waals surface area (Å²) in [7, 11) is 0. The van der Waals surface area contributed by atoms with Crippen molar-refractivity contribution in [3.05, 3.63) is 35.5 Å². The third kappa shape index (κ3) is 4.43. The molecule has 0 aromatic carbocycles. The van der Waals surface area contributed by atoms with Crippen molar-refractivity contribution in [2.24, 2.45) is 29.1 Å². The molecule has 4 fully saturated rings. The summed E-state index contributed by atoms with van der Waals surface area (Å²) in [6, 6.07) is 0. The Labute approximate surface area is 187 Å². The maximum atomic E-state index is 11.7. The molecule has 31 heavy (non-hydrogen) atoms. The van der Waals surface area contributed by atoms with Crippen LogP contribution in [0.4, 0.5) is 0 Å². The van der Waals surface area contributed by atoms with E-state index in [1.807, 2.05) is 0 Å². The number of carbonyl (C=O) groups is 1. The lowest BCUT2D eigenvalue weighted by atomic mass is 9.60. The van der Waals surface area contributed by atoms with Crippen LogP contribution in [0.1, 0.15) is 78.6 Å². The topological polar surface area (TPSA) is 66.8 Å². The standard InChI is InChI=1S/C27H40O4/c1-16(12-25-17(2)13-26(30)31-25)22-9-10-23-19(6-5-11-27(22,23)4)7-8-20-14-21(28)15-24(29)18(20)3/h7-8,16-17,21-25,28-29H,3,5-6,9-15H2,1-2,4H3/b19-7+,20-8-/t16-,17-,21-,22?,23?,24+,25+,27?/m1/s1. The minimum atomic E-state index is -0.631. The number of rotatable bonds is 4. The number of allylic oxidation sites excluding steroid dienone is 3. The second-order valence-corrected chi connectivity index (χ2v) is 11.1. The van der Waals surface area contributed by atoms with Crippen molar-refractivity contribution >= 4 is 5.97 Å². The van der Waals surface area contributed by atoms with Gasteiger partial charge in [0.25, 0.3) is 0 Å². The molecule has 4 heteroatoms. The van der Waals surface area contributed by atoms with E-state index in [0.717, 1.165) is 24.0 Å². The van der Waals surface area contributed by atoms with Crippen LogP contribution >= 0.6 is 0 Å². The van der Waals surface area contributed by atoms with Gasteiger partial charge in [-0.3, -0.25) is 4.79 Å². The lowest BCUT2D eigenvalue weighted by Gasteiger charge is -2.44. The average Bonchev–Trinajstić information content (AvgIpc) is 3.21. The molecular weight excluding hydrogens is 388 g/mol. The average molecular weight is 429 g/mol. The fraction of sp³-hybridized carbons (Fsp3) is 0.741. The minimum Gasteiger partial charge on any atom is -0.462 e. The van der Waals surface area contributed by atoms with Crippen molar-refractivity contribution in [1.29, 1.82) is 0 Å². The van der Waals surface area contributed by atoms with Crippen LogP contribution in [0.15, 0.2) is 35.5 Å². The van der Waals surface area contributed by atoms with Gasteiger partial charge < -0.3 is 14.9 Å². The molecule has 1 heterocycles. The van der Waals surface area contributed by atoms with Crippen molar-refractivity contribution in [2.75, 3.05) is 0 Å². The van der Waals surface area contributed by atoms with Crippen LogP contribution in [0.3, 0.4) is 0 Å². The van der Waals surface area contributed by atoms with Gasteiger partial charge in [-0.15, -0.1) is 0 Å². The van der Waals surface area contributed by atoms with E-state index in [1.165, 1.54) is 31.3 Å². The number of hydrogen-bond acceptors (Lipinski definition) is 4. The van der Waals surface area contributed by atoms with Gasteiger partial charge in [-0.2, -0.15) is 0 Å². The highest BCUT2D eigenvalue weighted by Gasteiger charge is 2.51. The Morgan fingerprint density at radius 2 is 2.03 bits per heavy atom. The second kappa shape index (κ2) is 8.86. The Morgan fingerprint density at radius 1 is 1.26 bits per heavy atom. The van der Waals surface area contributed by atoms with E-state index in [2.05, 4.69) is 39.5 Å². The van der Waals surface area contributed by atoms with Gasteiger partial charge in [0.1, 0.15) is 6.10 Å². The largest absolute Gasteiger partial charge is 0.462 e. The molecule has 8 atom stereocenters. The number of hydrogen-bond donors (Lipinski definition) is 2. The van der Waals surface area contributed by atoms with E-state index in [0.29, 0.717) is 48.3 Å². The monoisotopic (exact) mass is 428 g/mol. The highest BCUT2D eigenvalue weighted by molar-refractivity contribution is 5.71. The molecule has 3 aliphatic carbocycles. The Kier molecular flexibility index (Phi) is 6.52. The van der Waals surface area contributed by atoms with Gasteiger partial charge in [-0.05, 0) is 79.3 Å². The van der Waals surface area contributed by atoms with Gasteiger partial charge in [0.05, 0.1) is 18.6 Å². The zero-order valence-electron chi connectivity index (χ0n) is 19.5. The van der Waals surface area contributed by atoms with E-state index in [4.69, 9.17) is 4.74 Å². The lowest BCUT2D eigenvalue weighted by Crippen LogP contribution is -2.37. The molecule has 0 bridgehead atoms. The summed E-state index contributed by atoms with van der Waals surface area (Å²) in [5.74, 6) is 2.11. The molecule has 3 saturated carbocycles. The smallest absolute Gasteiger partial charge is 0.306 e. The number of carbonyl (C=O) groups excluding carboxylic acids is 1. The number of aliphatic hydroxyl groups is 2. The lowest BCUT2D eigenvalue weighted by molar-refractivity contribution is -0.142. The van der Waals surface area contributed by atoms with E-state index in [-0.39, 0.29) is 12.1 Å². The van der Waals surface area contributed by atoms with Crippen molar-refractivity contribution in [3.8, 4) is 0 Å².